The van der Waals surface area contributed by atoms with Gasteiger partial charge in [0.2, 0.25) is 0 Å². The van der Waals surface area contributed by atoms with Gasteiger partial charge in [-0.3, -0.25) is 9.48 Å². The molecule has 0 aliphatic rings. The van der Waals surface area contributed by atoms with Gasteiger partial charge in [0, 0.05) is 18.1 Å². The molecule has 0 aliphatic carbocycles. The number of nitrogens with one attached hydrogen (secondary N) is 1. The smallest absolute Gasteiger partial charge is 0.274 e. The quantitative estimate of drug-likeness (QED) is 0.946. The lowest BCUT2D eigenvalue weighted by Gasteiger charge is -2.12. The van der Waals surface area contributed by atoms with E-state index in [0.717, 1.165) is 11.3 Å². The Morgan fingerprint density at radius 3 is 2.60 bits per heavy atom. The van der Waals surface area contributed by atoms with E-state index >= 15 is 0 Å². The first-order chi connectivity index (χ1) is 9.42. The summed E-state index contributed by atoms with van der Waals surface area (Å²) >= 11 is 6.04. The lowest BCUT2D eigenvalue weighted by atomic mass is 10.2. The molecule has 5 nitrogen and oxygen atoms in total. The molecule has 1 heterocycles. The topological polar surface area (TPSA) is 56.1 Å². The number of methoxy groups -OCH3 is 1. The molecule has 6 heteroatoms. The summed E-state index contributed by atoms with van der Waals surface area (Å²) in [6.45, 7) is 3.70. The Hall–Kier alpha value is -2.01. The maximum Gasteiger partial charge on any atom is 0.274 e. The van der Waals surface area contributed by atoms with Crippen molar-refractivity contribution in [3.63, 3.8) is 0 Å². The zero-order valence-corrected chi connectivity index (χ0v) is 12.6. The SMILES string of the molecule is COc1cc(Cl)c(C)cc1NC(=O)c1cc(C)nn1C. The highest BCUT2D eigenvalue weighted by molar-refractivity contribution is 6.31. The Morgan fingerprint density at radius 1 is 1.35 bits per heavy atom. The number of amides is 1. The number of anilines is 1. The number of nitrogens with zero attached hydrogens (tertiary/aromatic N) is 2. The van der Waals surface area contributed by atoms with E-state index in [-0.39, 0.29) is 5.91 Å². The van der Waals surface area contributed by atoms with Crippen LogP contribution in [0.1, 0.15) is 21.7 Å². The summed E-state index contributed by atoms with van der Waals surface area (Å²) in [5, 5.41) is 7.56. The second-order valence-electron chi connectivity index (χ2n) is 4.55. The van der Waals surface area contributed by atoms with Crippen molar-refractivity contribution in [2.24, 2.45) is 7.05 Å². The second-order valence-corrected chi connectivity index (χ2v) is 4.96. The zero-order valence-electron chi connectivity index (χ0n) is 11.8. The van der Waals surface area contributed by atoms with Gasteiger partial charge in [0.05, 0.1) is 18.5 Å². The van der Waals surface area contributed by atoms with Crippen molar-refractivity contribution in [1.82, 2.24) is 9.78 Å². The maximum atomic E-state index is 12.3. The first kappa shape index (κ1) is 14.4. The van der Waals surface area contributed by atoms with Gasteiger partial charge in [-0.2, -0.15) is 5.10 Å². The molecular formula is C14H16ClN3O2. The summed E-state index contributed by atoms with van der Waals surface area (Å²) in [6, 6.07) is 5.19. The van der Waals surface area contributed by atoms with E-state index in [1.807, 2.05) is 13.8 Å². The van der Waals surface area contributed by atoms with Gasteiger partial charge in [-0.25, -0.2) is 0 Å². The third-order valence-corrected chi connectivity index (χ3v) is 3.37. The summed E-state index contributed by atoms with van der Waals surface area (Å²) in [6.07, 6.45) is 0. The van der Waals surface area contributed by atoms with Crippen LogP contribution in [-0.2, 0) is 7.05 Å². The van der Waals surface area contributed by atoms with E-state index in [0.29, 0.717) is 22.2 Å². The Kier molecular flexibility index (Phi) is 3.99. The molecule has 0 saturated heterocycles. The lowest BCUT2D eigenvalue weighted by molar-refractivity contribution is 0.101. The van der Waals surface area contributed by atoms with Crippen LogP contribution in [0, 0.1) is 13.8 Å². The van der Waals surface area contributed by atoms with Crippen molar-refractivity contribution in [1.29, 1.82) is 0 Å². The number of hydrogen-bond acceptors (Lipinski definition) is 3. The molecule has 1 aromatic carbocycles. The monoisotopic (exact) mass is 293 g/mol. The third-order valence-electron chi connectivity index (χ3n) is 2.96. The molecule has 1 N–H and O–H groups in total. The molecule has 0 spiro atoms. The summed E-state index contributed by atoms with van der Waals surface area (Å²) in [7, 11) is 3.26. The largest absolute Gasteiger partial charge is 0.495 e. The van der Waals surface area contributed by atoms with Gasteiger partial charge in [0.1, 0.15) is 11.4 Å². The van der Waals surface area contributed by atoms with Gasteiger partial charge in [0.15, 0.2) is 0 Å². The number of rotatable bonds is 3. The predicted molar refractivity (Wildman–Crippen MR) is 78.6 cm³/mol. The molecular weight excluding hydrogens is 278 g/mol. The van der Waals surface area contributed by atoms with Gasteiger partial charge >= 0.3 is 0 Å². The fourth-order valence-electron chi connectivity index (χ4n) is 1.94. The fourth-order valence-corrected chi connectivity index (χ4v) is 2.09. The summed E-state index contributed by atoms with van der Waals surface area (Å²) in [5.74, 6) is 0.279. The van der Waals surface area contributed by atoms with E-state index in [1.165, 1.54) is 7.11 Å². The molecule has 2 rings (SSSR count). The fraction of sp³-hybridized carbons (Fsp3) is 0.286. The molecule has 0 aliphatic heterocycles. The highest BCUT2D eigenvalue weighted by Gasteiger charge is 2.15. The van der Waals surface area contributed by atoms with Gasteiger partial charge in [-0.1, -0.05) is 11.6 Å². The van der Waals surface area contributed by atoms with Gasteiger partial charge in [-0.15, -0.1) is 0 Å². The summed E-state index contributed by atoms with van der Waals surface area (Å²) < 4.78 is 6.77. The molecule has 1 aromatic heterocycles. The number of carbonyl (C=O) groups is 1. The number of ether oxygens (including phenoxy) is 1. The number of halogens is 1. The second kappa shape index (κ2) is 5.54. The molecule has 2 aromatic rings. The van der Waals surface area contributed by atoms with Crippen molar-refractivity contribution in [2.45, 2.75) is 13.8 Å². The lowest BCUT2D eigenvalue weighted by Crippen LogP contribution is -2.16. The molecule has 20 heavy (non-hydrogen) atoms. The molecule has 0 atom stereocenters. The average molecular weight is 294 g/mol. The Labute approximate surface area is 122 Å². The van der Waals surface area contributed by atoms with Crippen LogP contribution in [0.3, 0.4) is 0 Å². The number of hydrogen-bond donors (Lipinski definition) is 1. The van der Waals surface area contributed by atoms with E-state index in [4.69, 9.17) is 16.3 Å². The van der Waals surface area contributed by atoms with Gasteiger partial charge in [-0.05, 0) is 31.5 Å². The highest BCUT2D eigenvalue weighted by Crippen LogP contribution is 2.31. The van der Waals surface area contributed by atoms with Gasteiger partial charge < -0.3 is 10.1 Å². The molecule has 1 amide bonds. The molecule has 0 radical (unpaired) electrons. The van der Waals surface area contributed by atoms with Crippen LogP contribution >= 0.6 is 11.6 Å². The highest BCUT2D eigenvalue weighted by atomic mass is 35.5. The predicted octanol–water partition coefficient (Wildman–Crippen LogP) is 2.95. The number of aromatic nitrogens is 2. The average Bonchev–Trinajstić information content (AvgIpc) is 2.72. The van der Waals surface area contributed by atoms with E-state index < -0.39 is 0 Å². The first-order valence-electron chi connectivity index (χ1n) is 6.08. The molecule has 106 valence electrons. The summed E-state index contributed by atoms with van der Waals surface area (Å²) in [4.78, 5) is 12.3. The Morgan fingerprint density at radius 2 is 2.05 bits per heavy atom. The molecule has 0 unspecified atom stereocenters. The Bertz CT molecular complexity index is 665. The van der Waals surface area contributed by atoms with Crippen LogP contribution in [0.5, 0.6) is 5.75 Å². The van der Waals surface area contributed by atoms with Crippen molar-refractivity contribution in [3.05, 3.63) is 40.2 Å². The number of benzene rings is 1. The van der Waals surface area contributed by atoms with E-state index in [2.05, 4.69) is 10.4 Å². The van der Waals surface area contributed by atoms with Crippen LogP contribution in [0.15, 0.2) is 18.2 Å². The summed E-state index contributed by atoms with van der Waals surface area (Å²) in [5.41, 5.74) is 2.72. The standard InChI is InChI=1S/C14H16ClN3O2/c1-8-5-11(13(20-4)7-10(8)15)16-14(19)12-6-9(2)17-18(12)3/h5-7H,1-4H3,(H,16,19). The van der Waals surface area contributed by atoms with Crippen LogP contribution in [0.2, 0.25) is 5.02 Å². The minimum Gasteiger partial charge on any atom is -0.495 e. The minimum absolute atomic E-state index is 0.242. The normalized spacial score (nSPS) is 10.4. The number of carbonyl (C=O) groups excluding carboxylic acids is 1. The Balaban J connectivity index is 2.32. The zero-order chi connectivity index (χ0) is 14.9. The first-order valence-corrected chi connectivity index (χ1v) is 6.46. The van der Waals surface area contributed by atoms with Crippen molar-refractivity contribution < 1.29 is 9.53 Å². The number of aryl methyl sites for hydroxylation is 3. The third kappa shape index (κ3) is 2.77. The van der Waals surface area contributed by atoms with Crippen molar-refractivity contribution >= 4 is 23.2 Å². The van der Waals surface area contributed by atoms with Gasteiger partial charge in [0.25, 0.3) is 5.91 Å². The maximum absolute atomic E-state index is 12.3. The van der Waals surface area contributed by atoms with Crippen molar-refractivity contribution in [3.8, 4) is 5.75 Å². The van der Waals surface area contributed by atoms with Crippen LogP contribution in [0.4, 0.5) is 5.69 Å². The molecule has 0 bridgehead atoms. The van der Waals surface area contributed by atoms with E-state index in [9.17, 15) is 4.79 Å². The molecule has 0 saturated carbocycles. The van der Waals surface area contributed by atoms with E-state index in [1.54, 1.807) is 29.9 Å². The van der Waals surface area contributed by atoms with Crippen LogP contribution in [0.25, 0.3) is 0 Å². The molecule has 0 fully saturated rings. The van der Waals surface area contributed by atoms with Crippen molar-refractivity contribution in [2.75, 3.05) is 12.4 Å². The van der Waals surface area contributed by atoms with Crippen LogP contribution in [-0.4, -0.2) is 22.8 Å². The minimum atomic E-state index is -0.242. The van der Waals surface area contributed by atoms with Crippen LogP contribution < -0.4 is 10.1 Å².